The van der Waals surface area contributed by atoms with Crippen molar-refractivity contribution in [2.75, 3.05) is 6.61 Å². The molecule has 1 atom stereocenters. The Kier molecular flexibility index (Phi) is 4.89. The van der Waals surface area contributed by atoms with Crippen LogP contribution in [0.2, 0.25) is 0 Å². The lowest BCUT2D eigenvalue weighted by molar-refractivity contribution is 0.0932. The number of carbonyl (C=O) groups excluding carboxylic acids is 1. The van der Waals surface area contributed by atoms with Gasteiger partial charge >= 0.3 is 0 Å². The van der Waals surface area contributed by atoms with Gasteiger partial charge in [0.15, 0.2) is 0 Å². The molecule has 5 heteroatoms. The second-order valence-electron chi connectivity index (χ2n) is 3.74. The number of nitrogens with one attached hydrogen (secondary N) is 1. The van der Waals surface area contributed by atoms with Gasteiger partial charge in [0.05, 0.1) is 10.7 Å². The maximum atomic E-state index is 11.9. The molecule has 0 aromatic carbocycles. The number of aliphatic hydroxyl groups excluding tert-OH is 1. The highest BCUT2D eigenvalue weighted by Gasteiger charge is 2.16. The highest BCUT2D eigenvalue weighted by atomic mass is 32.1. The standard InChI is InChI=1S/C11H18N2O2S/c1-4-9(5-6-14)13-11(15)10-7(2)12-8(3)16-10/h9,14H,4-6H2,1-3H3,(H,13,15). The zero-order valence-corrected chi connectivity index (χ0v) is 10.7. The predicted molar refractivity (Wildman–Crippen MR) is 64.8 cm³/mol. The minimum Gasteiger partial charge on any atom is -0.396 e. The van der Waals surface area contributed by atoms with E-state index in [1.807, 2.05) is 20.8 Å². The number of hydrogen-bond acceptors (Lipinski definition) is 4. The van der Waals surface area contributed by atoms with Crippen LogP contribution in [0.4, 0.5) is 0 Å². The summed E-state index contributed by atoms with van der Waals surface area (Å²) in [5.74, 6) is -0.0802. The molecule has 1 amide bonds. The molecule has 1 aromatic heterocycles. The van der Waals surface area contributed by atoms with Crippen molar-refractivity contribution in [3.8, 4) is 0 Å². The van der Waals surface area contributed by atoms with Crippen molar-refractivity contribution in [3.63, 3.8) is 0 Å². The molecule has 0 aliphatic carbocycles. The van der Waals surface area contributed by atoms with Crippen molar-refractivity contribution in [1.29, 1.82) is 0 Å². The average Bonchev–Trinajstić information content (AvgIpc) is 2.57. The molecule has 1 aromatic rings. The molecule has 4 nitrogen and oxygen atoms in total. The van der Waals surface area contributed by atoms with E-state index in [0.29, 0.717) is 11.3 Å². The third-order valence-electron chi connectivity index (χ3n) is 2.42. The fraction of sp³-hybridized carbons (Fsp3) is 0.636. The summed E-state index contributed by atoms with van der Waals surface area (Å²) in [6, 6.07) is 0.0410. The molecule has 0 saturated carbocycles. The van der Waals surface area contributed by atoms with E-state index in [1.54, 1.807) is 0 Å². The molecule has 0 bridgehead atoms. The SMILES string of the molecule is CCC(CCO)NC(=O)c1sc(C)nc1C. The monoisotopic (exact) mass is 242 g/mol. The van der Waals surface area contributed by atoms with Gasteiger partial charge in [-0.1, -0.05) is 6.92 Å². The molecule has 0 radical (unpaired) electrons. The third kappa shape index (κ3) is 3.28. The van der Waals surface area contributed by atoms with Crippen LogP contribution < -0.4 is 5.32 Å². The minimum atomic E-state index is -0.0802. The first-order valence-corrected chi connectivity index (χ1v) is 6.25. The van der Waals surface area contributed by atoms with Gasteiger partial charge < -0.3 is 10.4 Å². The smallest absolute Gasteiger partial charge is 0.263 e. The Morgan fingerprint density at radius 3 is 2.69 bits per heavy atom. The topological polar surface area (TPSA) is 62.2 Å². The summed E-state index contributed by atoms with van der Waals surface area (Å²) in [5, 5.41) is 12.7. The van der Waals surface area contributed by atoms with E-state index in [9.17, 15) is 4.79 Å². The van der Waals surface area contributed by atoms with E-state index in [-0.39, 0.29) is 18.6 Å². The van der Waals surface area contributed by atoms with Crippen molar-refractivity contribution in [3.05, 3.63) is 15.6 Å². The molecule has 0 spiro atoms. The van der Waals surface area contributed by atoms with E-state index in [2.05, 4.69) is 10.3 Å². The Labute approximate surface area is 99.7 Å². The Morgan fingerprint density at radius 1 is 1.56 bits per heavy atom. The Hall–Kier alpha value is -0.940. The van der Waals surface area contributed by atoms with Gasteiger partial charge in [0, 0.05) is 12.6 Å². The second kappa shape index (κ2) is 5.96. The highest BCUT2D eigenvalue weighted by molar-refractivity contribution is 7.13. The second-order valence-corrected chi connectivity index (χ2v) is 4.94. The van der Waals surface area contributed by atoms with E-state index in [1.165, 1.54) is 11.3 Å². The summed E-state index contributed by atoms with van der Waals surface area (Å²) in [5.41, 5.74) is 0.777. The fourth-order valence-corrected chi connectivity index (χ4v) is 2.35. The summed E-state index contributed by atoms with van der Waals surface area (Å²) in [6.45, 7) is 5.82. The Bertz CT molecular complexity index is 363. The molecule has 1 rings (SSSR count). The third-order valence-corrected chi connectivity index (χ3v) is 3.49. The van der Waals surface area contributed by atoms with Crippen LogP contribution in [0.5, 0.6) is 0 Å². The molecule has 16 heavy (non-hydrogen) atoms. The van der Waals surface area contributed by atoms with Gasteiger partial charge in [-0.2, -0.15) is 0 Å². The van der Waals surface area contributed by atoms with Crippen molar-refractivity contribution < 1.29 is 9.90 Å². The molecule has 0 aliphatic rings. The summed E-state index contributed by atoms with van der Waals surface area (Å²) < 4.78 is 0. The Balaban J connectivity index is 2.67. The van der Waals surface area contributed by atoms with Crippen molar-refractivity contribution in [2.24, 2.45) is 0 Å². The largest absolute Gasteiger partial charge is 0.396 e. The van der Waals surface area contributed by atoms with E-state index in [4.69, 9.17) is 5.11 Å². The van der Waals surface area contributed by atoms with Crippen LogP contribution in [0.25, 0.3) is 0 Å². The number of nitrogens with zero attached hydrogens (tertiary/aromatic N) is 1. The van der Waals surface area contributed by atoms with Gasteiger partial charge in [-0.15, -0.1) is 11.3 Å². The van der Waals surface area contributed by atoms with Crippen LogP contribution in [-0.4, -0.2) is 28.6 Å². The molecule has 1 heterocycles. The molecule has 0 aliphatic heterocycles. The lowest BCUT2D eigenvalue weighted by Gasteiger charge is -2.14. The summed E-state index contributed by atoms with van der Waals surface area (Å²) in [7, 11) is 0. The van der Waals surface area contributed by atoms with Crippen molar-refractivity contribution in [1.82, 2.24) is 10.3 Å². The zero-order chi connectivity index (χ0) is 12.1. The van der Waals surface area contributed by atoms with E-state index < -0.39 is 0 Å². The summed E-state index contributed by atoms with van der Waals surface area (Å²) >= 11 is 1.41. The van der Waals surface area contributed by atoms with Gasteiger partial charge in [-0.25, -0.2) is 4.98 Å². The minimum absolute atomic E-state index is 0.0410. The number of aliphatic hydroxyl groups is 1. The van der Waals surface area contributed by atoms with E-state index in [0.717, 1.165) is 17.1 Å². The predicted octanol–water partition coefficient (Wildman–Crippen LogP) is 1.65. The van der Waals surface area contributed by atoms with Gasteiger partial charge in [-0.05, 0) is 26.7 Å². The number of aromatic nitrogens is 1. The van der Waals surface area contributed by atoms with Crippen molar-refractivity contribution in [2.45, 2.75) is 39.7 Å². The zero-order valence-electron chi connectivity index (χ0n) is 9.91. The fourth-order valence-electron chi connectivity index (χ4n) is 1.53. The van der Waals surface area contributed by atoms with Gasteiger partial charge in [-0.3, -0.25) is 4.79 Å². The molecule has 2 N–H and O–H groups in total. The number of hydrogen-bond donors (Lipinski definition) is 2. The number of rotatable bonds is 5. The lowest BCUT2D eigenvalue weighted by Crippen LogP contribution is -2.34. The highest BCUT2D eigenvalue weighted by Crippen LogP contribution is 2.17. The Morgan fingerprint density at radius 2 is 2.25 bits per heavy atom. The molecular weight excluding hydrogens is 224 g/mol. The molecule has 0 fully saturated rings. The molecule has 1 unspecified atom stereocenters. The first-order chi connectivity index (χ1) is 7.58. The van der Waals surface area contributed by atoms with Crippen LogP contribution in [0.3, 0.4) is 0 Å². The van der Waals surface area contributed by atoms with Crippen molar-refractivity contribution >= 4 is 17.2 Å². The van der Waals surface area contributed by atoms with E-state index >= 15 is 0 Å². The van der Waals surface area contributed by atoms with Gasteiger partial charge in [0.1, 0.15) is 4.88 Å². The number of carbonyl (C=O) groups is 1. The average molecular weight is 242 g/mol. The quantitative estimate of drug-likeness (QED) is 0.825. The molecular formula is C11H18N2O2S. The number of aryl methyl sites for hydroxylation is 2. The van der Waals surface area contributed by atoms with Crippen LogP contribution in [0, 0.1) is 13.8 Å². The first kappa shape index (κ1) is 13.1. The van der Waals surface area contributed by atoms with Crippen LogP contribution in [0.15, 0.2) is 0 Å². The molecule has 90 valence electrons. The molecule has 0 saturated heterocycles. The maximum absolute atomic E-state index is 11.9. The van der Waals surface area contributed by atoms with Gasteiger partial charge in [0.25, 0.3) is 5.91 Å². The summed E-state index contributed by atoms with van der Waals surface area (Å²) in [4.78, 5) is 16.8. The lowest BCUT2D eigenvalue weighted by atomic mass is 10.1. The number of thiazole rings is 1. The van der Waals surface area contributed by atoms with Crippen LogP contribution in [0.1, 0.15) is 40.1 Å². The van der Waals surface area contributed by atoms with Crippen LogP contribution in [-0.2, 0) is 0 Å². The normalized spacial score (nSPS) is 12.5. The first-order valence-electron chi connectivity index (χ1n) is 5.44. The maximum Gasteiger partial charge on any atom is 0.263 e. The van der Waals surface area contributed by atoms with Gasteiger partial charge in [0.2, 0.25) is 0 Å². The number of amides is 1. The summed E-state index contributed by atoms with van der Waals surface area (Å²) in [6.07, 6.45) is 1.42. The van der Waals surface area contributed by atoms with Crippen LogP contribution >= 0.6 is 11.3 Å².